The molecule has 0 unspecified atom stereocenters. The van der Waals surface area contributed by atoms with E-state index in [9.17, 15) is 18.0 Å². The molecular formula is C21H21NO6S. The second-order valence-electron chi connectivity index (χ2n) is 6.82. The molecule has 3 aromatic rings. The Balaban J connectivity index is 1.52. The number of carbonyl (C=O) groups excluding carboxylic acids is 2. The molecule has 0 spiro atoms. The van der Waals surface area contributed by atoms with Crippen molar-refractivity contribution < 1.29 is 27.2 Å². The molecule has 29 heavy (non-hydrogen) atoms. The summed E-state index contributed by atoms with van der Waals surface area (Å²) in [6.07, 6.45) is 1.14. The minimum atomic E-state index is -3.15. The maximum Gasteiger partial charge on any atom is 0.338 e. The lowest BCUT2D eigenvalue weighted by molar-refractivity contribution is -0.125. The van der Waals surface area contributed by atoms with Gasteiger partial charge < -0.3 is 14.5 Å². The number of benzene rings is 2. The van der Waals surface area contributed by atoms with E-state index in [1.54, 1.807) is 19.1 Å². The van der Waals surface area contributed by atoms with E-state index in [-0.39, 0.29) is 17.4 Å². The van der Waals surface area contributed by atoms with Gasteiger partial charge in [-0.2, -0.15) is 0 Å². The highest BCUT2D eigenvalue weighted by molar-refractivity contribution is 7.89. The Bertz CT molecular complexity index is 1100. The van der Waals surface area contributed by atoms with E-state index >= 15 is 0 Å². The van der Waals surface area contributed by atoms with Gasteiger partial charge in [0.2, 0.25) is 0 Å². The number of amides is 1. The number of fused-ring (bicyclic) bond motifs is 1. The van der Waals surface area contributed by atoms with Crippen molar-refractivity contribution in [3.8, 4) is 0 Å². The first-order valence-corrected chi connectivity index (χ1v) is 11.0. The smallest absolute Gasteiger partial charge is 0.338 e. The Morgan fingerprint density at radius 3 is 2.45 bits per heavy atom. The SMILES string of the molecule is C[C@H](NC(=O)COC(=O)c1ccc(CS(C)(=O)=O)cc1)c1cc2ccccc2o1. The summed E-state index contributed by atoms with van der Waals surface area (Å²) in [4.78, 5) is 24.2. The predicted octanol–water partition coefficient (Wildman–Crippen LogP) is 3.01. The number of carbonyl (C=O) groups is 2. The monoisotopic (exact) mass is 415 g/mol. The van der Waals surface area contributed by atoms with Gasteiger partial charge in [-0.3, -0.25) is 4.79 Å². The van der Waals surface area contributed by atoms with E-state index in [0.717, 1.165) is 17.2 Å². The lowest BCUT2D eigenvalue weighted by Crippen LogP contribution is -2.31. The zero-order valence-electron chi connectivity index (χ0n) is 16.0. The molecule has 0 bridgehead atoms. The van der Waals surface area contributed by atoms with Gasteiger partial charge in [0, 0.05) is 11.6 Å². The second-order valence-corrected chi connectivity index (χ2v) is 8.96. The van der Waals surface area contributed by atoms with Gasteiger partial charge in [-0.25, -0.2) is 13.2 Å². The third kappa shape index (κ3) is 5.68. The lowest BCUT2D eigenvalue weighted by atomic mass is 10.1. The Morgan fingerprint density at radius 1 is 1.10 bits per heavy atom. The maximum absolute atomic E-state index is 12.1. The largest absolute Gasteiger partial charge is 0.459 e. The average Bonchev–Trinajstić information content (AvgIpc) is 3.10. The van der Waals surface area contributed by atoms with Crippen LogP contribution in [0.1, 0.15) is 34.6 Å². The third-order valence-electron chi connectivity index (χ3n) is 4.20. The van der Waals surface area contributed by atoms with Crippen molar-refractivity contribution in [1.82, 2.24) is 5.32 Å². The number of hydrogen-bond acceptors (Lipinski definition) is 6. The molecule has 0 saturated carbocycles. The summed E-state index contributed by atoms with van der Waals surface area (Å²) in [5.74, 6) is -0.625. The summed E-state index contributed by atoms with van der Waals surface area (Å²) in [6.45, 7) is 1.34. The number of rotatable bonds is 7. The number of para-hydroxylation sites is 1. The van der Waals surface area contributed by atoms with Gasteiger partial charge in [-0.05, 0) is 36.8 Å². The molecule has 0 aliphatic heterocycles. The van der Waals surface area contributed by atoms with Crippen LogP contribution in [0.25, 0.3) is 11.0 Å². The number of nitrogens with one attached hydrogen (secondary N) is 1. The molecule has 1 atom stereocenters. The van der Waals surface area contributed by atoms with Crippen LogP contribution in [0, 0.1) is 0 Å². The van der Waals surface area contributed by atoms with Crippen LogP contribution in [0.3, 0.4) is 0 Å². The van der Waals surface area contributed by atoms with Gasteiger partial charge in [0.15, 0.2) is 16.4 Å². The molecule has 8 heteroatoms. The first kappa shape index (κ1) is 20.6. The lowest BCUT2D eigenvalue weighted by Gasteiger charge is -2.11. The van der Waals surface area contributed by atoms with E-state index in [1.165, 1.54) is 12.1 Å². The Labute approximate surface area is 168 Å². The fourth-order valence-corrected chi connectivity index (χ4v) is 3.62. The van der Waals surface area contributed by atoms with E-state index < -0.39 is 28.3 Å². The van der Waals surface area contributed by atoms with Crippen LogP contribution < -0.4 is 5.32 Å². The maximum atomic E-state index is 12.1. The topological polar surface area (TPSA) is 103 Å². The predicted molar refractivity (Wildman–Crippen MR) is 108 cm³/mol. The van der Waals surface area contributed by atoms with Crippen molar-refractivity contribution in [1.29, 1.82) is 0 Å². The Hall–Kier alpha value is -3.13. The van der Waals surface area contributed by atoms with Crippen LogP contribution in [0.4, 0.5) is 0 Å². The van der Waals surface area contributed by atoms with Crippen LogP contribution in [0.2, 0.25) is 0 Å². The molecule has 0 saturated heterocycles. The van der Waals surface area contributed by atoms with Gasteiger partial charge in [0.05, 0.1) is 17.4 Å². The fourth-order valence-electron chi connectivity index (χ4n) is 2.82. The van der Waals surface area contributed by atoms with Crippen LogP contribution in [-0.2, 0) is 25.1 Å². The molecular weight excluding hydrogens is 394 g/mol. The van der Waals surface area contributed by atoms with Crippen molar-refractivity contribution in [3.05, 3.63) is 71.5 Å². The van der Waals surface area contributed by atoms with Crippen molar-refractivity contribution in [2.45, 2.75) is 18.7 Å². The summed E-state index contributed by atoms with van der Waals surface area (Å²) < 4.78 is 33.3. The summed E-state index contributed by atoms with van der Waals surface area (Å²) in [5, 5.41) is 3.66. The molecule has 1 aromatic heterocycles. The van der Waals surface area contributed by atoms with Crippen LogP contribution >= 0.6 is 0 Å². The van der Waals surface area contributed by atoms with Crippen molar-refractivity contribution in [2.24, 2.45) is 0 Å². The Kier molecular flexibility index (Phi) is 6.03. The zero-order chi connectivity index (χ0) is 21.0. The molecule has 152 valence electrons. The van der Waals surface area contributed by atoms with Gasteiger partial charge in [-0.15, -0.1) is 0 Å². The highest BCUT2D eigenvalue weighted by Crippen LogP contribution is 2.23. The van der Waals surface area contributed by atoms with E-state index in [1.807, 2.05) is 30.3 Å². The number of ether oxygens (including phenoxy) is 1. The molecule has 0 fully saturated rings. The standard InChI is InChI=1S/C21H21NO6S/c1-14(19-11-17-5-3-4-6-18(17)28-19)22-20(23)12-27-21(24)16-9-7-15(8-10-16)13-29(2,25)26/h3-11,14H,12-13H2,1-2H3,(H,22,23)/t14-/m0/s1. The fraction of sp³-hybridized carbons (Fsp3) is 0.238. The molecule has 0 aliphatic carbocycles. The van der Waals surface area contributed by atoms with Crippen molar-refractivity contribution in [3.63, 3.8) is 0 Å². The van der Waals surface area contributed by atoms with Crippen molar-refractivity contribution >= 4 is 32.7 Å². The normalized spacial score (nSPS) is 12.5. The van der Waals surface area contributed by atoms with Crippen LogP contribution in [-0.4, -0.2) is 33.2 Å². The molecule has 3 rings (SSSR count). The molecule has 7 nitrogen and oxygen atoms in total. The highest BCUT2D eigenvalue weighted by Gasteiger charge is 2.16. The Morgan fingerprint density at radius 2 is 1.79 bits per heavy atom. The van der Waals surface area contributed by atoms with Gasteiger partial charge >= 0.3 is 5.97 Å². The minimum Gasteiger partial charge on any atom is -0.459 e. The summed E-state index contributed by atoms with van der Waals surface area (Å²) >= 11 is 0. The quantitative estimate of drug-likeness (QED) is 0.595. The molecule has 1 amide bonds. The molecule has 0 radical (unpaired) electrons. The first-order valence-electron chi connectivity index (χ1n) is 8.93. The molecule has 1 heterocycles. The zero-order valence-corrected chi connectivity index (χ0v) is 16.9. The number of sulfone groups is 1. The highest BCUT2D eigenvalue weighted by atomic mass is 32.2. The van der Waals surface area contributed by atoms with E-state index in [4.69, 9.17) is 9.15 Å². The number of hydrogen-bond donors (Lipinski definition) is 1. The summed E-state index contributed by atoms with van der Waals surface area (Å²) in [5.41, 5.74) is 1.54. The third-order valence-corrected chi connectivity index (χ3v) is 5.06. The van der Waals surface area contributed by atoms with Crippen molar-refractivity contribution in [2.75, 3.05) is 12.9 Å². The van der Waals surface area contributed by atoms with Gasteiger partial charge in [0.1, 0.15) is 11.3 Å². The number of esters is 1. The van der Waals surface area contributed by atoms with Crippen LogP contribution in [0.5, 0.6) is 0 Å². The van der Waals surface area contributed by atoms with Crippen LogP contribution in [0.15, 0.2) is 59.0 Å². The molecule has 2 aromatic carbocycles. The van der Waals surface area contributed by atoms with E-state index in [2.05, 4.69) is 5.32 Å². The first-order chi connectivity index (χ1) is 13.7. The average molecular weight is 415 g/mol. The molecule has 0 aliphatic rings. The summed E-state index contributed by atoms with van der Waals surface area (Å²) in [6, 6.07) is 15.0. The molecule has 1 N–H and O–H groups in total. The number of furan rings is 1. The minimum absolute atomic E-state index is 0.107. The second kappa shape index (κ2) is 8.48. The van der Waals surface area contributed by atoms with Gasteiger partial charge in [-0.1, -0.05) is 30.3 Å². The van der Waals surface area contributed by atoms with Gasteiger partial charge in [0.25, 0.3) is 5.91 Å². The summed E-state index contributed by atoms with van der Waals surface area (Å²) in [7, 11) is -3.15. The van der Waals surface area contributed by atoms with E-state index in [0.29, 0.717) is 11.3 Å².